The van der Waals surface area contributed by atoms with E-state index >= 15 is 0 Å². The molecule has 1 fully saturated rings. The Balaban J connectivity index is 1.89. The molecule has 0 aliphatic heterocycles. The quantitative estimate of drug-likeness (QED) is 0.938. The first-order valence-electron chi connectivity index (χ1n) is 7.46. The van der Waals surface area contributed by atoms with Crippen molar-refractivity contribution in [3.8, 4) is 11.7 Å². The second-order valence-electron chi connectivity index (χ2n) is 5.63. The number of nitrogens with two attached hydrogens (primary N) is 1. The Morgan fingerprint density at radius 1 is 1.19 bits per heavy atom. The van der Waals surface area contributed by atoms with Crippen LogP contribution in [0.15, 0.2) is 12.4 Å². The van der Waals surface area contributed by atoms with Crippen molar-refractivity contribution in [2.75, 3.05) is 5.73 Å². The monoisotopic (exact) mass is 287 g/mol. The Labute approximate surface area is 124 Å². The molecule has 0 aromatic carbocycles. The summed E-state index contributed by atoms with van der Waals surface area (Å²) in [6.07, 6.45) is 7.54. The molecule has 0 atom stereocenters. The fraction of sp³-hybridized carbons (Fsp3) is 0.533. The van der Waals surface area contributed by atoms with Crippen LogP contribution in [0, 0.1) is 13.8 Å². The van der Waals surface area contributed by atoms with Gasteiger partial charge >= 0.3 is 0 Å². The molecule has 1 aliphatic carbocycles. The van der Waals surface area contributed by atoms with Gasteiger partial charge in [0.15, 0.2) is 5.82 Å². The highest BCUT2D eigenvalue weighted by atomic mass is 16.5. The summed E-state index contributed by atoms with van der Waals surface area (Å²) in [5.74, 6) is 1.06. The van der Waals surface area contributed by atoms with Crippen LogP contribution in [0.4, 0.5) is 5.69 Å². The number of hydrogen-bond acceptors (Lipinski definition) is 5. The number of aromatic nitrogens is 4. The van der Waals surface area contributed by atoms with Crippen molar-refractivity contribution in [1.82, 2.24) is 19.7 Å². The molecule has 6 nitrogen and oxygen atoms in total. The van der Waals surface area contributed by atoms with Crippen molar-refractivity contribution in [1.29, 1.82) is 0 Å². The molecule has 21 heavy (non-hydrogen) atoms. The average Bonchev–Trinajstić information content (AvgIpc) is 2.81. The molecule has 3 rings (SSSR count). The molecule has 0 amide bonds. The zero-order chi connectivity index (χ0) is 14.8. The minimum Gasteiger partial charge on any atom is -0.473 e. The van der Waals surface area contributed by atoms with E-state index < -0.39 is 0 Å². The second-order valence-corrected chi connectivity index (χ2v) is 5.63. The van der Waals surface area contributed by atoms with Crippen LogP contribution in [0.3, 0.4) is 0 Å². The third-order valence-corrected chi connectivity index (χ3v) is 3.87. The number of nitrogen functional groups attached to an aromatic ring is 1. The molecule has 1 saturated carbocycles. The standard InChI is InChI=1S/C15H21N5O/c1-10-8-11(2)20(19-10)14-13(16)15(18-9-17-14)21-12-6-4-3-5-7-12/h8-9,12H,3-7,16H2,1-2H3. The summed E-state index contributed by atoms with van der Waals surface area (Å²) >= 11 is 0. The summed E-state index contributed by atoms with van der Waals surface area (Å²) in [6, 6.07) is 1.99. The Morgan fingerprint density at radius 3 is 2.62 bits per heavy atom. The maximum atomic E-state index is 6.20. The van der Waals surface area contributed by atoms with E-state index in [2.05, 4.69) is 15.1 Å². The van der Waals surface area contributed by atoms with Crippen LogP contribution >= 0.6 is 0 Å². The predicted molar refractivity (Wildman–Crippen MR) is 80.5 cm³/mol. The molecule has 0 spiro atoms. The van der Waals surface area contributed by atoms with E-state index in [1.54, 1.807) is 4.68 Å². The third kappa shape index (κ3) is 2.84. The van der Waals surface area contributed by atoms with Gasteiger partial charge in [0.05, 0.1) is 5.69 Å². The normalized spacial score (nSPS) is 16.1. The lowest BCUT2D eigenvalue weighted by atomic mass is 9.98. The van der Waals surface area contributed by atoms with Crippen molar-refractivity contribution in [2.24, 2.45) is 0 Å². The molecular weight excluding hydrogens is 266 g/mol. The Morgan fingerprint density at radius 2 is 1.95 bits per heavy atom. The van der Waals surface area contributed by atoms with Gasteiger partial charge in [0, 0.05) is 5.69 Å². The maximum absolute atomic E-state index is 6.20. The highest BCUT2D eigenvalue weighted by Crippen LogP contribution is 2.28. The van der Waals surface area contributed by atoms with Gasteiger partial charge in [-0.05, 0) is 45.6 Å². The number of anilines is 1. The van der Waals surface area contributed by atoms with Crippen LogP contribution in [0.25, 0.3) is 5.82 Å². The molecule has 0 unspecified atom stereocenters. The van der Waals surface area contributed by atoms with Crippen LogP contribution in [-0.4, -0.2) is 25.9 Å². The first-order valence-corrected chi connectivity index (χ1v) is 7.46. The molecular formula is C15H21N5O. The van der Waals surface area contributed by atoms with E-state index in [1.807, 2.05) is 19.9 Å². The molecule has 112 valence electrons. The molecule has 2 heterocycles. The van der Waals surface area contributed by atoms with E-state index in [-0.39, 0.29) is 6.10 Å². The molecule has 0 saturated heterocycles. The number of ether oxygens (including phenoxy) is 1. The van der Waals surface area contributed by atoms with Crippen LogP contribution in [-0.2, 0) is 0 Å². The van der Waals surface area contributed by atoms with Gasteiger partial charge in [-0.15, -0.1) is 0 Å². The van der Waals surface area contributed by atoms with Crippen molar-refractivity contribution in [3.05, 3.63) is 23.8 Å². The van der Waals surface area contributed by atoms with E-state index in [1.165, 1.54) is 25.6 Å². The molecule has 0 radical (unpaired) electrons. The number of hydrogen-bond donors (Lipinski definition) is 1. The molecule has 1 aliphatic rings. The SMILES string of the molecule is Cc1cc(C)n(-c2ncnc(OC3CCCCC3)c2N)n1. The van der Waals surface area contributed by atoms with Gasteiger partial charge in [-0.3, -0.25) is 0 Å². The fourth-order valence-electron chi connectivity index (χ4n) is 2.82. The van der Waals surface area contributed by atoms with Gasteiger partial charge in [0.1, 0.15) is 18.1 Å². The van der Waals surface area contributed by atoms with Crippen molar-refractivity contribution in [2.45, 2.75) is 52.1 Å². The Hall–Kier alpha value is -2.11. The zero-order valence-electron chi connectivity index (χ0n) is 12.5. The van der Waals surface area contributed by atoms with Gasteiger partial charge in [-0.1, -0.05) is 6.42 Å². The van der Waals surface area contributed by atoms with Gasteiger partial charge in [0.2, 0.25) is 5.88 Å². The molecule has 0 bridgehead atoms. The molecule has 2 N–H and O–H groups in total. The van der Waals surface area contributed by atoms with Crippen LogP contribution in [0.1, 0.15) is 43.5 Å². The van der Waals surface area contributed by atoms with Crippen LogP contribution in [0.5, 0.6) is 5.88 Å². The number of rotatable bonds is 3. The van der Waals surface area contributed by atoms with Gasteiger partial charge in [-0.25, -0.2) is 9.67 Å². The van der Waals surface area contributed by atoms with Crippen molar-refractivity contribution < 1.29 is 4.74 Å². The maximum Gasteiger partial charge on any atom is 0.242 e. The lowest BCUT2D eigenvalue weighted by Crippen LogP contribution is -2.21. The summed E-state index contributed by atoms with van der Waals surface area (Å²) in [5.41, 5.74) is 8.57. The first-order chi connectivity index (χ1) is 10.1. The molecule has 2 aromatic rings. The molecule has 6 heteroatoms. The fourth-order valence-corrected chi connectivity index (χ4v) is 2.82. The van der Waals surface area contributed by atoms with Gasteiger partial charge in [-0.2, -0.15) is 10.1 Å². The van der Waals surface area contributed by atoms with E-state index in [4.69, 9.17) is 10.5 Å². The zero-order valence-corrected chi connectivity index (χ0v) is 12.5. The van der Waals surface area contributed by atoms with Crippen LogP contribution < -0.4 is 10.5 Å². The van der Waals surface area contributed by atoms with Crippen molar-refractivity contribution in [3.63, 3.8) is 0 Å². The van der Waals surface area contributed by atoms with E-state index in [9.17, 15) is 0 Å². The van der Waals surface area contributed by atoms with E-state index in [0.717, 1.165) is 24.2 Å². The summed E-state index contributed by atoms with van der Waals surface area (Å²) in [5, 5.41) is 4.42. The highest BCUT2D eigenvalue weighted by molar-refractivity contribution is 5.60. The van der Waals surface area contributed by atoms with Gasteiger partial charge < -0.3 is 10.5 Å². The minimum atomic E-state index is 0.212. The van der Waals surface area contributed by atoms with Crippen LogP contribution in [0.2, 0.25) is 0 Å². The first kappa shape index (κ1) is 13.9. The number of nitrogens with zero attached hydrogens (tertiary/aromatic N) is 4. The molecule has 2 aromatic heterocycles. The highest BCUT2D eigenvalue weighted by Gasteiger charge is 2.19. The predicted octanol–water partition coefficient (Wildman–Crippen LogP) is 2.57. The smallest absolute Gasteiger partial charge is 0.242 e. The number of aryl methyl sites for hydroxylation is 2. The Kier molecular flexibility index (Phi) is 3.77. The minimum absolute atomic E-state index is 0.212. The lowest BCUT2D eigenvalue weighted by molar-refractivity contribution is 0.149. The largest absolute Gasteiger partial charge is 0.473 e. The topological polar surface area (TPSA) is 78.8 Å². The average molecular weight is 287 g/mol. The summed E-state index contributed by atoms with van der Waals surface area (Å²) < 4.78 is 7.71. The van der Waals surface area contributed by atoms with Gasteiger partial charge in [0.25, 0.3) is 0 Å². The summed E-state index contributed by atoms with van der Waals surface area (Å²) in [7, 11) is 0. The third-order valence-electron chi connectivity index (χ3n) is 3.87. The Bertz CT molecular complexity index is 631. The van der Waals surface area contributed by atoms with E-state index in [0.29, 0.717) is 17.4 Å². The van der Waals surface area contributed by atoms with Crippen molar-refractivity contribution >= 4 is 5.69 Å². The second kappa shape index (κ2) is 5.71. The summed E-state index contributed by atoms with van der Waals surface area (Å²) in [4.78, 5) is 8.46. The lowest BCUT2D eigenvalue weighted by Gasteiger charge is -2.23. The summed E-state index contributed by atoms with van der Waals surface area (Å²) in [6.45, 7) is 3.92.